The Kier molecular flexibility index (Phi) is 9.90. The summed E-state index contributed by atoms with van der Waals surface area (Å²) in [5, 5.41) is 3.30. The van der Waals surface area contributed by atoms with Crippen molar-refractivity contribution in [3.8, 4) is 0 Å². The molecule has 1 aliphatic carbocycles. The lowest BCUT2D eigenvalue weighted by molar-refractivity contribution is 0.0725. The highest BCUT2D eigenvalue weighted by molar-refractivity contribution is 7.73. The van der Waals surface area contributed by atoms with Gasteiger partial charge in [-0.2, -0.15) is 0 Å². The molecule has 0 aromatic heterocycles. The standard InChI is InChI=1S/C32H51O2PSi2/c1-31(2,3)36(7,8)33-27-23-26(24-28(25-27)34-37(9,10)32(4,5)6)21-22-35(29-17-13-11-14-18-29)30-19-15-12-16-20-30/h11-21,27-28H,22-25H2,1-10H3. The molecule has 2 aromatic carbocycles. The van der Waals surface area contributed by atoms with Gasteiger partial charge in [-0.15, -0.1) is 0 Å². The fraction of sp³-hybridized carbons (Fsp3) is 0.562. The van der Waals surface area contributed by atoms with Crippen molar-refractivity contribution < 1.29 is 8.85 Å². The van der Waals surface area contributed by atoms with E-state index in [0.717, 1.165) is 25.4 Å². The molecule has 1 saturated carbocycles. The summed E-state index contributed by atoms with van der Waals surface area (Å²) in [6.07, 6.45) is 7.20. The quantitative estimate of drug-likeness (QED) is 0.184. The van der Waals surface area contributed by atoms with Gasteiger partial charge in [0, 0.05) is 0 Å². The van der Waals surface area contributed by atoms with Crippen LogP contribution in [0.3, 0.4) is 0 Å². The summed E-state index contributed by atoms with van der Waals surface area (Å²) in [4.78, 5) is 0. The molecule has 2 unspecified atom stereocenters. The molecule has 0 aliphatic heterocycles. The van der Waals surface area contributed by atoms with E-state index in [2.05, 4.69) is 134 Å². The van der Waals surface area contributed by atoms with E-state index in [9.17, 15) is 0 Å². The van der Waals surface area contributed by atoms with Crippen LogP contribution in [-0.4, -0.2) is 35.0 Å². The normalized spacial score (nSPS) is 19.8. The zero-order chi connectivity index (χ0) is 27.5. The van der Waals surface area contributed by atoms with Gasteiger partial charge in [-0.3, -0.25) is 0 Å². The monoisotopic (exact) mass is 554 g/mol. The van der Waals surface area contributed by atoms with E-state index in [-0.39, 0.29) is 22.3 Å². The van der Waals surface area contributed by atoms with E-state index in [1.807, 2.05) is 0 Å². The van der Waals surface area contributed by atoms with E-state index in [1.165, 1.54) is 16.2 Å². The highest BCUT2D eigenvalue weighted by atomic mass is 31.1. The predicted molar refractivity (Wildman–Crippen MR) is 170 cm³/mol. The highest BCUT2D eigenvalue weighted by Gasteiger charge is 2.43. The van der Waals surface area contributed by atoms with Crippen LogP contribution in [0, 0.1) is 0 Å². The second-order valence-corrected chi connectivity index (χ2v) is 25.6. The fourth-order valence-electron chi connectivity index (χ4n) is 4.46. The summed E-state index contributed by atoms with van der Waals surface area (Å²) in [5.74, 6) is 0. The van der Waals surface area contributed by atoms with Crippen molar-refractivity contribution in [2.24, 2.45) is 0 Å². The topological polar surface area (TPSA) is 18.5 Å². The second kappa shape index (κ2) is 12.0. The molecular weight excluding hydrogens is 503 g/mol. The van der Waals surface area contributed by atoms with Crippen LogP contribution < -0.4 is 10.6 Å². The molecule has 0 N–H and O–H groups in total. The van der Waals surface area contributed by atoms with Gasteiger partial charge in [0.25, 0.3) is 0 Å². The Bertz CT molecular complexity index is 943. The third-order valence-corrected chi connectivity index (χ3v) is 20.2. The molecule has 3 rings (SSSR count). The van der Waals surface area contributed by atoms with Gasteiger partial charge >= 0.3 is 0 Å². The van der Waals surface area contributed by atoms with Crippen LogP contribution in [0.15, 0.2) is 72.3 Å². The van der Waals surface area contributed by atoms with Gasteiger partial charge in [0.05, 0.1) is 12.2 Å². The molecule has 5 heteroatoms. The molecule has 2 nitrogen and oxygen atoms in total. The largest absolute Gasteiger partial charge is 0.414 e. The molecule has 0 bridgehead atoms. The summed E-state index contributed by atoms with van der Waals surface area (Å²) in [5.41, 5.74) is 1.53. The maximum atomic E-state index is 7.02. The number of hydrogen-bond donors (Lipinski definition) is 0. The molecule has 0 amide bonds. The minimum atomic E-state index is -1.86. The van der Waals surface area contributed by atoms with Gasteiger partial charge in [-0.05, 0) is 80.2 Å². The smallest absolute Gasteiger partial charge is 0.192 e. The first-order valence-electron chi connectivity index (χ1n) is 14.0. The average Bonchev–Trinajstić information content (AvgIpc) is 2.78. The van der Waals surface area contributed by atoms with Crippen molar-refractivity contribution in [3.63, 3.8) is 0 Å². The molecule has 0 heterocycles. The lowest BCUT2D eigenvalue weighted by Crippen LogP contribution is -2.48. The summed E-state index contributed by atoms with van der Waals surface area (Å²) in [7, 11) is -4.16. The van der Waals surface area contributed by atoms with Crippen LogP contribution in [0.25, 0.3) is 0 Å². The van der Waals surface area contributed by atoms with Crippen LogP contribution in [0.4, 0.5) is 0 Å². The third-order valence-electron chi connectivity index (χ3n) is 8.74. The SMILES string of the molecule is CC(C)(C)[Si](C)(C)OC1CC(=CCP(c2ccccc2)c2ccccc2)CC(O[Si](C)(C)C(C)(C)C)C1. The molecule has 37 heavy (non-hydrogen) atoms. The van der Waals surface area contributed by atoms with Crippen LogP contribution in [0.1, 0.15) is 60.8 Å². The number of rotatable bonds is 8. The van der Waals surface area contributed by atoms with Crippen molar-refractivity contribution in [2.45, 2.75) is 109 Å². The molecule has 0 saturated heterocycles. The highest BCUT2D eigenvalue weighted by Crippen LogP contribution is 2.43. The van der Waals surface area contributed by atoms with Gasteiger partial charge < -0.3 is 8.85 Å². The Morgan fingerprint density at radius 3 is 1.43 bits per heavy atom. The molecule has 204 valence electrons. The van der Waals surface area contributed by atoms with Crippen molar-refractivity contribution >= 4 is 35.2 Å². The third kappa shape index (κ3) is 8.23. The predicted octanol–water partition coefficient (Wildman–Crippen LogP) is 9.01. The Morgan fingerprint density at radius 1 is 0.703 bits per heavy atom. The zero-order valence-corrected chi connectivity index (χ0v) is 28.0. The van der Waals surface area contributed by atoms with Crippen molar-refractivity contribution in [1.29, 1.82) is 0 Å². The van der Waals surface area contributed by atoms with Gasteiger partial charge in [0.1, 0.15) is 0 Å². The summed E-state index contributed by atoms with van der Waals surface area (Å²) in [6, 6.07) is 22.1. The van der Waals surface area contributed by atoms with Gasteiger partial charge in [-0.25, -0.2) is 0 Å². The van der Waals surface area contributed by atoms with E-state index < -0.39 is 24.6 Å². The molecule has 2 aromatic rings. The van der Waals surface area contributed by atoms with Gasteiger partial charge in [0.2, 0.25) is 0 Å². The fourth-order valence-corrected chi connectivity index (χ4v) is 9.41. The number of benzene rings is 2. The Labute approximate surface area is 231 Å². The Balaban J connectivity index is 1.89. The zero-order valence-electron chi connectivity index (χ0n) is 25.1. The second-order valence-electron chi connectivity index (χ2n) is 13.8. The minimum Gasteiger partial charge on any atom is -0.414 e. The summed E-state index contributed by atoms with van der Waals surface area (Å²) >= 11 is 0. The van der Waals surface area contributed by atoms with E-state index >= 15 is 0 Å². The first kappa shape index (κ1) is 30.5. The van der Waals surface area contributed by atoms with E-state index in [1.54, 1.807) is 0 Å². The maximum absolute atomic E-state index is 7.02. The van der Waals surface area contributed by atoms with Crippen LogP contribution >= 0.6 is 7.92 Å². The minimum absolute atomic E-state index is 0.207. The van der Waals surface area contributed by atoms with Crippen LogP contribution in [-0.2, 0) is 8.85 Å². The molecule has 0 radical (unpaired) electrons. The van der Waals surface area contributed by atoms with Crippen molar-refractivity contribution in [2.75, 3.05) is 6.16 Å². The van der Waals surface area contributed by atoms with Crippen molar-refractivity contribution in [3.05, 3.63) is 72.3 Å². The average molecular weight is 555 g/mol. The summed E-state index contributed by atoms with van der Waals surface area (Å²) in [6.45, 7) is 23.6. The van der Waals surface area contributed by atoms with Gasteiger partial charge in [0.15, 0.2) is 16.6 Å². The Morgan fingerprint density at radius 2 is 1.08 bits per heavy atom. The molecule has 1 aliphatic rings. The maximum Gasteiger partial charge on any atom is 0.192 e. The first-order chi connectivity index (χ1) is 17.1. The van der Waals surface area contributed by atoms with E-state index in [0.29, 0.717) is 0 Å². The summed E-state index contributed by atoms with van der Waals surface area (Å²) < 4.78 is 14.0. The molecule has 0 spiro atoms. The first-order valence-corrected chi connectivity index (χ1v) is 21.3. The van der Waals surface area contributed by atoms with Crippen LogP contribution in [0.5, 0.6) is 0 Å². The van der Waals surface area contributed by atoms with Gasteiger partial charge in [-0.1, -0.05) is 114 Å². The number of allylic oxidation sites excluding steroid dienone is 1. The number of hydrogen-bond acceptors (Lipinski definition) is 2. The van der Waals surface area contributed by atoms with E-state index in [4.69, 9.17) is 8.85 Å². The molecular formula is C32H51O2PSi2. The Hall–Kier alpha value is -1.04. The van der Waals surface area contributed by atoms with Crippen molar-refractivity contribution in [1.82, 2.24) is 0 Å². The van der Waals surface area contributed by atoms with Crippen LogP contribution in [0.2, 0.25) is 36.3 Å². The molecule has 2 atom stereocenters. The molecule has 1 fully saturated rings. The lowest BCUT2D eigenvalue weighted by Gasteiger charge is -2.45. The lowest BCUT2D eigenvalue weighted by atomic mass is 9.90.